The summed E-state index contributed by atoms with van der Waals surface area (Å²) in [5, 5.41) is 0.951. The Balaban J connectivity index is 2.68. The minimum atomic E-state index is -0.312. The number of thioether (sulfide) groups is 1. The van der Waals surface area contributed by atoms with Gasteiger partial charge in [-0.2, -0.15) is 0 Å². The van der Waals surface area contributed by atoms with E-state index >= 15 is 0 Å². The standard InChI is InChI=1S/C9H11ClN2O3S/c1-14-4-7-11-6(10)3-8(12-7)16-5-9(13)15-2/h3H,4-5H2,1-2H3. The third kappa shape index (κ3) is 4.34. The van der Waals surface area contributed by atoms with E-state index in [9.17, 15) is 4.79 Å². The molecule has 0 bridgehead atoms. The number of halogens is 1. The van der Waals surface area contributed by atoms with Crippen LogP contribution >= 0.6 is 23.4 Å². The second kappa shape index (κ2) is 6.67. The van der Waals surface area contributed by atoms with Crippen LogP contribution in [-0.2, 0) is 20.9 Å². The smallest absolute Gasteiger partial charge is 0.316 e. The Morgan fingerprint density at radius 3 is 2.88 bits per heavy atom. The molecule has 1 aromatic rings. The van der Waals surface area contributed by atoms with E-state index in [1.165, 1.54) is 18.9 Å². The van der Waals surface area contributed by atoms with Crippen molar-refractivity contribution in [3.8, 4) is 0 Å². The van der Waals surface area contributed by atoms with Gasteiger partial charge in [0.1, 0.15) is 16.8 Å². The normalized spacial score (nSPS) is 10.2. The molecule has 1 rings (SSSR count). The summed E-state index contributed by atoms with van der Waals surface area (Å²) in [7, 11) is 2.89. The molecule has 7 heteroatoms. The number of carbonyl (C=O) groups excluding carboxylic acids is 1. The summed E-state index contributed by atoms with van der Waals surface area (Å²) < 4.78 is 9.42. The number of ether oxygens (including phenoxy) is 2. The van der Waals surface area contributed by atoms with Gasteiger partial charge in [-0.25, -0.2) is 9.97 Å². The van der Waals surface area contributed by atoms with Crippen LogP contribution in [-0.4, -0.2) is 35.9 Å². The highest BCUT2D eigenvalue weighted by Gasteiger charge is 2.07. The van der Waals surface area contributed by atoms with Gasteiger partial charge in [-0.3, -0.25) is 4.79 Å². The predicted molar refractivity (Wildman–Crippen MR) is 60.5 cm³/mol. The van der Waals surface area contributed by atoms with E-state index in [1.54, 1.807) is 13.2 Å². The highest BCUT2D eigenvalue weighted by molar-refractivity contribution is 7.99. The summed E-state index contributed by atoms with van der Waals surface area (Å²) in [5.41, 5.74) is 0. The van der Waals surface area contributed by atoms with Crippen molar-refractivity contribution in [3.05, 3.63) is 17.0 Å². The van der Waals surface area contributed by atoms with Crippen LogP contribution < -0.4 is 0 Å². The average Bonchev–Trinajstić information content (AvgIpc) is 2.25. The zero-order chi connectivity index (χ0) is 12.0. The lowest BCUT2D eigenvalue weighted by Gasteiger charge is -2.03. The number of nitrogens with zero attached hydrogens (tertiary/aromatic N) is 2. The van der Waals surface area contributed by atoms with E-state index in [0.717, 1.165) is 0 Å². The van der Waals surface area contributed by atoms with Crippen molar-refractivity contribution in [2.45, 2.75) is 11.6 Å². The van der Waals surface area contributed by atoms with Crippen molar-refractivity contribution < 1.29 is 14.3 Å². The zero-order valence-corrected chi connectivity index (χ0v) is 10.5. The number of hydrogen-bond donors (Lipinski definition) is 0. The summed E-state index contributed by atoms with van der Waals surface area (Å²) in [4.78, 5) is 19.1. The van der Waals surface area contributed by atoms with Gasteiger partial charge in [0, 0.05) is 13.2 Å². The maximum absolute atomic E-state index is 10.9. The largest absolute Gasteiger partial charge is 0.468 e. The van der Waals surface area contributed by atoms with Crippen LogP contribution in [0.2, 0.25) is 5.15 Å². The van der Waals surface area contributed by atoms with E-state index in [-0.39, 0.29) is 18.3 Å². The zero-order valence-electron chi connectivity index (χ0n) is 8.90. The number of aromatic nitrogens is 2. The molecular formula is C9H11ClN2O3S. The van der Waals surface area contributed by atoms with Gasteiger partial charge in [-0.05, 0) is 0 Å². The third-order valence-electron chi connectivity index (χ3n) is 1.56. The molecule has 0 saturated heterocycles. The van der Waals surface area contributed by atoms with Crippen LogP contribution in [0.1, 0.15) is 5.82 Å². The first kappa shape index (κ1) is 13.2. The van der Waals surface area contributed by atoms with Gasteiger partial charge in [-0.1, -0.05) is 23.4 Å². The van der Waals surface area contributed by atoms with Crippen LogP contribution in [0.5, 0.6) is 0 Å². The number of methoxy groups -OCH3 is 2. The lowest BCUT2D eigenvalue weighted by atomic mass is 10.6. The van der Waals surface area contributed by atoms with E-state index in [0.29, 0.717) is 16.0 Å². The Bertz CT molecular complexity index is 376. The Morgan fingerprint density at radius 2 is 2.25 bits per heavy atom. The summed E-state index contributed by atoms with van der Waals surface area (Å²) in [6, 6.07) is 1.59. The first-order chi connectivity index (χ1) is 7.65. The molecule has 0 aliphatic rings. The second-order valence-electron chi connectivity index (χ2n) is 2.74. The first-order valence-electron chi connectivity index (χ1n) is 4.37. The molecule has 0 N–H and O–H groups in total. The van der Waals surface area contributed by atoms with Crippen LogP contribution in [0.4, 0.5) is 0 Å². The molecule has 0 aliphatic heterocycles. The molecule has 0 aromatic carbocycles. The SMILES string of the molecule is COCc1nc(Cl)cc(SCC(=O)OC)n1. The van der Waals surface area contributed by atoms with Gasteiger partial charge < -0.3 is 9.47 Å². The van der Waals surface area contributed by atoms with Gasteiger partial charge in [0.25, 0.3) is 0 Å². The number of rotatable bonds is 5. The number of hydrogen-bond acceptors (Lipinski definition) is 6. The van der Waals surface area contributed by atoms with Crippen molar-refractivity contribution in [2.75, 3.05) is 20.0 Å². The van der Waals surface area contributed by atoms with E-state index < -0.39 is 0 Å². The van der Waals surface area contributed by atoms with Crippen LogP contribution in [0.15, 0.2) is 11.1 Å². The lowest BCUT2D eigenvalue weighted by Crippen LogP contribution is -2.04. The van der Waals surface area contributed by atoms with Gasteiger partial charge in [0.05, 0.1) is 12.9 Å². The average molecular weight is 263 g/mol. The van der Waals surface area contributed by atoms with E-state index in [4.69, 9.17) is 16.3 Å². The summed E-state index contributed by atoms with van der Waals surface area (Å²) in [5.74, 6) is 0.367. The topological polar surface area (TPSA) is 61.3 Å². The van der Waals surface area contributed by atoms with Gasteiger partial charge in [0.15, 0.2) is 5.82 Å². The van der Waals surface area contributed by atoms with Crippen molar-refractivity contribution in [1.29, 1.82) is 0 Å². The summed E-state index contributed by atoms with van der Waals surface area (Å²) in [6.45, 7) is 0.284. The lowest BCUT2D eigenvalue weighted by molar-refractivity contribution is -0.137. The molecule has 1 aromatic heterocycles. The fourth-order valence-electron chi connectivity index (χ4n) is 0.901. The summed E-state index contributed by atoms with van der Waals surface area (Å²) in [6.07, 6.45) is 0. The van der Waals surface area contributed by atoms with Gasteiger partial charge in [0.2, 0.25) is 0 Å². The van der Waals surface area contributed by atoms with Crippen molar-refractivity contribution in [3.63, 3.8) is 0 Å². The van der Waals surface area contributed by atoms with Gasteiger partial charge in [-0.15, -0.1) is 0 Å². The number of esters is 1. The van der Waals surface area contributed by atoms with Crippen LogP contribution in [0.25, 0.3) is 0 Å². The molecular weight excluding hydrogens is 252 g/mol. The molecule has 1 heterocycles. The maximum atomic E-state index is 10.9. The molecule has 0 amide bonds. The van der Waals surface area contributed by atoms with E-state index in [1.807, 2.05) is 0 Å². The Hall–Kier alpha value is -0.850. The van der Waals surface area contributed by atoms with Crippen molar-refractivity contribution in [1.82, 2.24) is 9.97 Å². The Labute approximate surface area is 103 Å². The minimum absolute atomic E-state index is 0.191. The van der Waals surface area contributed by atoms with Crippen molar-refractivity contribution >= 4 is 29.3 Å². The van der Waals surface area contributed by atoms with E-state index in [2.05, 4.69) is 14.7 Å². The Morgan fingerprint density at radius 1 is 1.50 bits per heavy atom. The minimum Gasteiger partial charge on any atom is -0.468 e. The molecule has 16 heavy (non-hydrogen) atoms. The maximum Gasteiger partial charge on any atom is 0.316 e. The fourth-order valence-corrected chi connectivity index (χ4v) is 1.92. The predicted octanol–water partition coefficient (Wildman–Crippen LogP) is 1.54. The molecule has 5 nitrogen and oxygen atoms in total. The molecule has 0 unspecified atom stereocenters. The van der Waals surface area contributed by atoms with Crippen molar-refractivity contribution in [2.24, 2.45) is 0 Å². The molecule has 0 atom stereocenters. The highest BCUT2D eigenvalue weighted by Crippen LogP contribution is 2.19. The van der Waals surface area contributed by atoms with Gasteiger partial charge >= 0.3 is 5.97 Å². The molecule has 0 aliphatic carbocycles. The first-order valence-corrected chi connectivity index (χ1v) is 5.74. The Kier molecular flexibility index (Phi) is 5.51. The molecule has 0 saturated carbocycles. The molecule has 0 radical (unpaired) electrons. The fraction of sp³-hybridized carbons (Fsp3) is 0.444. The van der Waals surface area contributed by atoms with Crippen LogP contribution in [0, 0.1) is 0 Å². The summed E-state index contributed by atoms with van der Waals surface area (Å²) >= 11 is 7.04. The van der Waals surface area contributed by atoms with Crippen LogP contribution in [0.3, 0.4) is 0 Å². The molecule has 0 spiro atoms. The monoisotopic (exact) mass is 262 g/mol. The quantitative estimate of drug-likeness (QED) is 0.456. The second-order valence-corrected chi connectivity index (χ2v) is 4.13. The third-order valence-corrected chi connectivity index (χ3v) is 2.64. The molecule has 88 valence electrons. The number of carbonyl (C=O) groups is 1. The highest BCUT2D eigenvalue weighted by atomic mass is 35.5. The molecule has 0 fully saturated rings.